The van der Waals surface area contributed by atoms with E-state index in [4.69, 9.17) is 4.74 Å². The molecule has 2 fully saturated rings. The molecule has 120 valence electrons. The Morgan fingerprint density at radius 2 is 1.95 bits per heavy atom. The van der Waals surface area contributed by atoms with E-state index in [2.05, 4.69) is 20.2 Å². The van der Waals surface area contributed by atoms with E-state index >= 15 is 0 Å². The van der Waals surface area contributed by atoms with Gasteiger partial charge in [-0.05, 0) is 44.2 Å². The number of amides is 1. The molecule has 0 unspecified atom stereocenters. The van der Waals surface area contributed by atoms with Gasteiger partial charge in [-0.25, -0.2) is 9.97 Å². The molecule has 6 nitrogen and oxygen atoms in total. The van der Waals surface area contributed by atoms with Gasteiger partial charge in [-0.2, -0.15) is 0 Å². The number of rotatable bonds is 3. The van der Waals surface area contributed by atoms with Gasteiger partial charge in [0.15, 0.2) is 0 Å². The molecule has 0 aliphatic carbocycles. The maximum absolute atomic E-state index is 11.5. The molecule has 0 radical (unpaired) electrons. The van der Waals surface area contributed by atoms with Crippen LogP contribution in [-0.4, -0.2) is 47.5 Å². The minimum atomic E-state index is 0.217. The fraction of sp³-hybridized carbons (Fsp3) is 0.688. The van der Waals surface area contributed by atoms with Crippen LogP contribution in [0, 0.1) is 5.41 Å². The normalized spacial score (nSPS) is 22.1. The number of aromatic nitrogens is 2. The van der Waals surface area contributed by atoms with Gasteiger partial charge in [0.05, 0.1) is 7.11 Å². The highest BCUT2D eigenvalue weighted by molar-refractivity contribution is 5.76. The molecule has 1 N–H and O–H groups in total. The van der Waals surface area contributed by atoms with E-state index in [1.165, 1.54) is 12.8 Å². The summed E-state index contributed by atoms with van der Waals surface area (Å²) in [6.07, 6.45) is 8.88. The van der Waals surface area contributed by atoms with Gasteiger partial charge < -0.3 is 10.1 Å². The van der Waals surface area contributed by atoms with Crippen molar-refractivity contribution in [2.45, 2.75) is 38.6 Å². The molecule has 2 aliphatic heterocycles. The molecule has 22 heavy (non-hydrogen) atoms. The topological polar surface area (TPSA) is 67.3 Å². The number of hydrogen-bond acceptors (Lipinski definition) is 5. The maximum Gasteiger partial charge on any atom is 0.316 e. The average molecular weight is 304 g/mol. The highest BCUT2D eigenvalue weighted by Gasteiger charge is 2.35. The van der Waals surface area contributed by atoms with Gasteiger partial charge in [-0.15, -0.1) is 0 Å². The third-order valence-electron chi connectivity index (χ3n) is 5.05. The number of carbonyl (C=O) groups excluding carboxylic acids is 1. The Hall–Kier alpha value is -1.69. The van der Waals surface area contributed by atoms with Crippen LogP contribution in [0.1, 0.15) is 37.7 Å². The molecule has 1 aromatic heterocycles. The molecule has 1 spiro atoms. The highest BCUT2D eigenvalue weighted by Crippen LogP contribution is 2.40. The Morgan fingerprint density at radius 3 is 2.64 bits per heavy atom. The molecular weight excluding hydrogens is 280 g/mol. The Labute approximate surface area is 131 Å². The zero-order chi connectivity index (χ0) is 15.4. The lowest BCUT2D eigenvalue weighted by molar-refractivity contribution is -0.121. The number of nitrogens with one attached hydrogen (secondary N) is 1. The summed E-state index contributed by atoms with van der Waals surface area (Å²) >= 11 is 0. The van der Waals surface area contributed by atoms with Gasteiger partial charge in [0.2, 0.25) is 5.91 Å². The summed E-state index contributed by atoms with van der Waals surface area (Å²) in [5.74, 6) is 0.217. The molecule has 0 atom stereocenters. The van der Waals surface area contributed by atoms with Gasteiger partial charge in [0.25, 0.3) is 0 Å². The number of ether oxygens (including phenoxy) is 1. The summed E-state index contributed by atoms with van der Waals surface area (Å²) in [5.41, 5.74) is 1.49. The summed E-state index contributed by atoms with van der Waals surface area (Å²) < 4.78 is 4.99. The van der Waals surface area contributed by atoms with Crippen molar-refractivity contribution in [2.24, 2.45) is 5.41 Å². The number of methoxy groups -OCH3 is 1. The van der Waals surface area contributed by atoms with Crippen LogP contribution in [0.15, 0.2) is 12.4 Å². The van der Waals surface area contributed by atoms with E-state index < -0.39 is 0 Å². The number of carbonyl (C=O) groups is 1. The van der Waals surface area contributed by atoms with Crippen LogP contribution in [0.4, 0.5) is 0 Å². The van der Waals surface area contributed by atoms with Gasteiger partial charge in [0.1, 0.15) is 0 Å². The standard InChI is InChI=1S/C16H24N4O2/c1-22-15-18-10-13(11-19-15)12-20-8-5-16(6-9-20)3-2-14(21)17-7-4-16/h10-11H,2-9,12H2,1H3,(H,17,21). The van der Waals surface area contributed by atoms with Crippen LogP contribution in [-0.2, 0) is 11.3 Å². The predicted octanol–water partition coefficient (Wildman–Crippen LogP) is 1.37. The van der Waals surface area contributed by atoms with Crippen molar-refractivity contribution in [1.29, 1.82) is 0 Å². The second-order valence-corrected chi connectivity index (χ2v) is 6.45. The second kappa shape index (κ2) is 6.60. The minimum absolute atomic E-state index is 0.217. The zero-order valence-electron chi connectivity index (χ0n) is 13.2. The molecule has 6 heteroatoms. The van der Waals surface area contributed by atoms with Crippen molar-refractivity contribution in [2.75, 3.05) is 26.7 Å². The first-order chi connectivity index (χ1) is 10.7. The third kappa shape index (κ3) is 3.55. The number of likely N-dealkylation sites (tertiary alicyclic amines) is 1. The van der Waals surface area contributed by atoms with E-state index in [-0.39, 0.29) is 5.91 Å². The Balaban J connectivity index is 1.53. The lowest BCUT2D eigenvalue weighted by Crippen LogP contribution is -2.40. The Kier molecular flexibility index (Phi) is 4.57. The van der Waals surface area contributed by atoms with Crippen LogP contribution < -0.4 is 10.1 Å². The summed E-state index contributed by atoms with van der Waals surface area (Å²) in [6, 6.07) is 0.414. The molecule has 3 heterocycles. The predicted molar refractivity (Wildman–Crippen MR) is 82.4 cm³/mol. The van der Waals surface area contributed by atoms with Gasteiger partial charge in [-0.3, -0.25) is 9.69 Å². The van der Waals surface area contributed by atoms with Crippen molar-refractivity contribution in [3.63, 3.8) is 0 Å². The van der Waals surface area contributed by atoms with Crippen molar-refractivity contribution in [3.8, 4) is 6.01 Å². The van der Waals surface area contributed by atoms with E-state index in [0.717, 1.165) is 44.6 Å². The molecule has 0 saturated carbocycles. The minimum Gasteiger partial charge on any atom is -0.467 e. The Bertz CT molecular complexity index is 509. The van der Waals surface area contributed by atoms with Crippen molar-refractivity contribution in [1.82, 2.24) is 20.2 Å². The van der Waals surface area contributed by atoms with Crippen molar-refractivity contribution < 1.29 is 9.53 Å². The van der Waals surface area contributed by atoms with Crippen LogP contribution in [0.5, 0.6) is 6.01 Å². The molecule has 1 aromatic rings. The molecule has 0 bridgehead atoms. The zero-order valence-corrected chi connectivity index (χ0v) is 13.2. The van der Waals surface area contributed by atoms with Crippen LogP contribution in [0.2, 0.25) is 0 Å². The molecule has 2 saturated heterocycles. The lowest BCUT2D eigenvalue weighted by atomic mass is 9.73. The molecule has 3 rings (SSSR count). The fourth-order valence-corrected chi connectivity index (χ4v) is 3.53. The number of hydrogen-bond donors (Lipinski definition) is 1. The van der Waals surface area contributed by atoms with Crippen LogP contribution >= 0.6 is 0 Å². The highest BCUT2D eigenvalue weighted by atomic mass is 16.5. The van der Waals surface area contributed by atoms with E-state index in [9.17, 15) is 4.79 Å². The molecular formula is C16H24N4O2. The van der Waals surface area contributed by atoms with E-state index in [1.54, 1.807) is 7.11 Å². The van der Waals surface area contributed by atoms with Gasteiger partial charge in [0, 0.05) is 37.5 Å². The van der Waals surface area contributed by atoms with Crippen LogP contribution in [0.25, 0.3) is 0 Å². The molecule has 1 amide bonds. The SMILES string of the molecule is COc1ncc(CN2CCC3(CCNC(=O)CC3)CC2)cn1. The fourth-order valence-electron chi connectivity index (χ4n) is 3.53. The summed E-state index contributed by atoms with van der Waals surface area (Å²) in [6.45, 7) is 3.89. The summed E-state index contributed by atoms with van der Waals surface area (Å²) in [7, 11) is 1.57. The smallest absolute Gasteiger partial charge is 0.316 e. The summed E-state index contributed by atoms with van der Waals surface area (Å²) in [4.78, 5) is 22.3. The lowest BCUT2D eigenvalue weighted by Gasteiger charge is -2.41. The third-order valence-corrected chi connectivity index (χ3v) is 5.05. The van der Waals surface area contributed by atoms with Gasteiger partial charge >= 0.3 is 6.01 Å². The van der Waals surface area contributed by atoms with Crippen molar-refractivity contribution >= 4 is 5.91 Å². The summed E-state index contributed by atoms with van der Waals surface area (Å²) in [5, 5.41) is 3.00. The Morgan fingerprint density at radius 1 is 1.23 bits per heavy atom. The first-order valence-corrected chi connectivity index (χ1v) is 8.03. The molecule has 0 aromatic carbocycles. The quantitative estimate of drug-likeness (QED) is 0.913. The van der Waals surface area contributed by atoms with Crippen LogP contribution in [0.3, 0.4) is 0 Å². The average Bonchev–Trinajstić information content (AvgIpc) is 2.73. The molecule has 2 aliphatic rings. The largest absolute Gasteiger partial charge is 0.467 e. The maximum atomic E-state index is 11.5. The first-order valence-electron chi connectivity index (χ1n) is 8.03. The first kappa shape index (κ1) is 15.2. The second-order valence-electron chi connectivity index (χ2n) is 6.45. The number of nitrogens with zero attached hydrogens (tertiary/aromatic N) is 3. The van der Waals surface area contributed by atoms with E-state index in [1.807, 2.05) is 12.4 Å². The van der Waals surface area contributed by atoms with Gasteiger partial charge in [-0.1, -0.05) is 0 Å². The monoisotopic (exact) mass is 304 g/mol. The van der Waals surface area contributed by atoms with Crippen molar-refractivity contribution in [3.05, 3.63) is 18.0 Å². The van der Waals surface area contributed by atoms with E-state index in [0.29, 0.717) is 17.8 Å². The number of piperidine rings is 1.